The summed E-state index contributed by atoms with van der Waals surface area (Å²) < 4.78 is 95.1. The summed E-state index contributed by atoms with van der Waals surface area (Å²) in [6, 6.07) is 6.49. The van der Waals surface area contributed by atoms with Crippen molar-refractivity contribution in [2.45, 2.75) is 48.8 Å². The van der Waals surface area contributed by atoms with Gasteiger partial charge in [-0.15, -0.1) is 0 Å². The first-order valence-corrected chi connectivity index (χ1v) is 12.8. The SMILES string of the molecule is CNS(=O)(=O)c1ccc(C(=O)N2CCC3(CC2)c2ccc(C(F)(F)C(F)(F)F)n2CCN3C)cc1C. The number of halogens is 5. The van der Waals surface area contributed by atoms with Gasteiger partial charge in [0.15, 0.2) is 0 Å². The molecule has 0 atom stereocenters. The van der Waals surface area contributed by atoms with E-state index in [1.165, 1.54) is 31.3 Å². The zero-order valence-corrected chi connectivity index (χ0v) is 20.8. The highest BCUT2D eigenvalue weighted by Gasteiger charge is 2.61. The number of amides is 1. The minimum Gasteiger partial charge on any atom is -0.340 e. The van der Waals surface area contributed by atoms with Crippen molar-refractivity contribution in [2.75, 3.05) is 33.7 Å². The molecule has 1 saturated heterocycles. The van der Waals surface area contributed by atoms with Crippen LogP contribution in [0.4, 0.5) is 22.0 Å². The number of sulfonamides is 1. The lowest BCUT2D eigenvalue weighted by molar-refractivity contribution is -0.292. The van der Waals surface area contributed by atoms with Crippen molar-refractivity contribution >= 4 is 15.9 Å². The Morgan fingerprint density at radius 3 is 2.19 bits per heavy atom. The molecule has 2 aliphatic heterocycles. The van der Waals surface area contributed by atoms with Crippen LogP contribution in [0.3, 0.4) is 0 Å². The van der Waals surface area contributed by atoms with Crippen LogP contribution in [0.2, 0.25) is 0 Å². The van der Waals surface area contributed by atoms with Crippen LogP contribution < -0.4 is 4.72 Å². The van der Waals surface area contributed by atoms with Gasteiger partial charge in [0.05, 0.1) is 16.1 Å². The van der Waals surface area contributed by atoms with Crippen molar-refractivity contribution in [3.8, 4) is 0 Å². The Hall–Kier alpha value is -2.51. The molecule has 7 nitrogen and oxygen atoms in total. The number of rotatable bonds is 4. The summed E-state index contributed by atoms with van der Waals surface area (Å²) in [6.07, 6.45) is -5.00. The molecule has 1 amide bonds. The summed E-state index contributed by atoms with van der Waals surface area (Å²) >= 11 is 0. The summed E-state index contributed by atoms with van der Waals surface area (Å²) in [5.74, 6) is -5.27. The smallest absolute Gasteiger partial charge is 0.340 e. The first-order valence-electron chi connectivity index (χ1n) is 11.4. The number of aromatic nitrogens is 1. The van der Waals surface area contributed by atoms with Gasteiger partial charge >= 0.3 is 12.1 Å². The van der Waals surface area contributed by atoms with Crippen LogP contribution in [-0.2, 0) is 28.0 Å². The van der Waals surface area contributed by atoms with Crippen molar-refractivity contribution in [1.29, 1.82) is 0 Å². The molecule has 13 heteroatoms. The highest BCUT2D eigenvalue weighted by molar-refractivity contribution is 7.89. The molecule has 0 unspecified atom stereocenters. The van der Waals surface area contributed by atoms with E-state index in [-0.39, 0.29) is 37.0 Å². The summed E-state index contributed by atoms with van der Waals surface area (Å²) in [5, 5.41) is 0. The highest BCUT2D eigenvalue weighted by Crippen LogP contribution is 2.48. The second-order valence-corrected chi connectivity index (χ2v) is 11.1. The zero-order chi connectivity index (χ0) is 26.7. The minimum atomic E-state index is -5.70. The first kappa shape index (κ1) is 26.6. The van der Waals surface area contributed by atoms with E-state index in [1.807, 2.05) is 4.90 Å². The number of hydrogen-bond acceptors (Lipinski definition) is 4. The van der Waals surface area contributed by atoms with Crippen molar-refractivity contribution in [1.82, 2.24) is 19.1 Å². The van der Waals surface area contributed by atoms with Crippen molar-refractivity contribution in [3.05, 3.63) is 52.8 Å². The molecule has 3 heterocycles. The van der Waals surface area contributed by atoms with Gasteiger partial charge in [-0.1, -0.05) is 0 Å². The molecule has 4 rings (SSSR count). The number of benzene rings is 1. The first-order chi connectivity index (χ1) is 16.7. The molecule has 1 N–H and O–H groups in total. The van der Waals surface area contributed by atoms with E-state index in [1.54, 1.807) is 18.9 Å². The van der Waals surface area contributed by atoms with Crippen molar-refractivity contribution in [3.63, 3.8) is 0 Å². The molecule has 2 aliphatic rings. The van der Waals surface area contributed by atoms with Gasteiger partial charge in [-0.25, -0.2) is 13.1 Å². The van der Waals surface area contributed by atoms with Gasteiger partial charge in [-0.2, -0.15) is 22.0 Å². The Kier molecular flexibility index (Phi) is 6.49. The second kappa shape index (κ2) is 8.80. The number of alkyl halides is 5. The Balaban J connectivity index is 1.58. The summed E-state index contributed by atoms with van der Waals surface area (Å²) in [7, 11) is -0.573. The van der Waals surface area contributed by atoms with Gasteiger partial charge in [0.25, 0.3) is 5.91 Å². The second-order valence-electron chi connectivity index (χ2n) is 9.26. The number of nitrogens with one attached hydrogen (secondary N) is 1. The molecular formula is C23H27F5N4O3S. The van der Waals surface area contributed by atoms with E-state index in [0.717, 1.165) is 10.6 Å². The minimum absolute atomic E-state index is 0.00534. The van der Waals surface area contributed by atoms with Crippen LogP contribution in [0, 0.1) is 6.92 Å². The van der Waals surface area contributed by atoms with E-state index in [0.29, 0.717) is 29.7 Å². The van der Waals surface area contributed by atoms with Gasteiger partial charge in [-0.3, -0.25) is 9.69 Å². The number of likely N-dealkylation sites (tertiary alicyclic amines) is 1. The van der Waals surface area contributed by atoms with Crippen LogP contribution in [0.5, 0.6) is 0 Å². The fourth-order valence-corrected chi connectivity index (χ4v) is 6.24. The normalized spacial score (nSPS) is 18.9. The standard InChI is InChI=1S/C23H27F5N4O3S/c1-15-14-16(4-5-17(15)36(34,35)29-2)20(33)31-10-8-21(9-11-31)18-6-7-19(22(24,25)23(26,27)28)32(18)13-12-30(21)3/h4-7,14,29H,8-13H2,1-3H3. The monoisotopic (exact) mass is 534 g/mol. The average Bonchev–Trinajstić information content (AvgIpc) is 3.26. The number of nitrogens with zero attached hydrogens (tertiary/aromatic N) is 3. The number of carbonyl (C=O) groups is 1. The molecule has 0 aliphatic carbocycles. The molecule has 0 bridgehead atoms. The molecule has 1 aromatic carbocycles. The summed E-state index contributed by atoms with van der Waals surface area (Å²) in [5.41, 5.74) is -0.740. The molecule has 1 spiro atoms. The van der Waals surface area contributed by atoms with Crippen LogP contribution in [0.25, 0.3) is 0 Å². The quantitative estimate of drug-likeness (QED) is 0.610. The Morgan fingerprint density at radius 2 is 1.64 bits per heavy atom. The average molecular weight is 535 g/mol. The Labute approximate surface area is 205 Å². The van der Waals surface area contributed by atoms with Gasteiger partial charge in [-0.05, 0) is 69.8 Å². The number of piperidine rings is 1. The van der Waals surface area contributed by atoms with E-state index in [9.17, 15) is 35.2 Å². The van der Waals surface area contributed by atoms with Gasteiger partial charge in [0.2, 0.25) is 10.0 Å². The molecule has 0 saturated carbocycles. The lowest BCUT2D eigenvalue weighted by Gasteiger charge is -2.50. The highest BCUT2D eigenvalue weighted by atomic mass is 32.2. The lowest BCUT2D eigenvalue weighted by Crippen LogP contribution is -2.57. The van der Waals surface area contributed by atoms with Crippen LogP contribution >= 0.6 is 0 Å². The maximum absolute atomic E-state index is 14.2. The molecular weight excluding hydrogens is 507 g/mol. The third-order valence-electron chi connectivity index (χ3n) is 7.38. The molecule has 198 valence electrons. The van der Waals surface area contributed by atoms with Gasteiger partial charge in [0.1, 0.15) is 0 Å². The van der Waals surface area contributed by atoms with Crippen LogP contribution in [-0.4, -0.2) is 68.6 Å². The number of hydrogen-bond donors (Lipinski definition) is 1. The van der Waals surface area contributed by atoms with Crippen LogP contribution in [0.15, 0.2) is 35.2 Å². The number of aryl methyl sites for hydroxylation is 1. The molecule has 0 radical (unpaired) electrons. The third-order valence-corrected chi connectivity index (χ3v) is 8.96. The number of carbonyl (C=O) groups excluding carboxylic acids is 1. The molecule has 1 fully saturated rings. The molecule has 1 aromatic heterocycles. The van der Waals surface area contributed by atoms with Crippen LogP contribution in [0.1, 0.15) is 40.2 Å². The summed E-state index contributed by atoms with van der Waals surface area (Å²) in [6.45, 7) is 2.40. The Bertz CT molecular complexity index is 1280. The predicted octanol–water partition coefficient (Wildman–Crippen LogP) is 3.44. The van der Waals surface area contributed by atoms with Crippen molar-refractivity contribution < 1.29 is 35.2 Å². The topological polar surface area (TPSA) is 74.6 Å². The molecule has 2 aromatic rings. The maximum atomic E-state index is 14.2. The molecule has 36 heavy (non-hydrogen) atoms. The van der Waals surface area contributed by atoms with Gasteiger partial charge in [0, 0.05) is 37.4 Å². The van der Waals surface area contributed by atoms with E-state index in [2.05, 4.69) is 4.72 Å². The van der Waals surface area contributed by atoms with E-state index in [4.69, 9.17) is 0 Å². The van der Waals surface area contributed by atoms with Gasteiger partial charge < -0.3 is 9.47 Å². The fraction of sp³-hybridized carbons (Fsp3) is 0.522. The fourth-order valence-electron chi connectivity index (χ4n) is 5.29. The largest absolute Gasteiger partial charge is 0.459 e. The van der Waals surface area contributed by atoms with E-state index >= 15 is 0 Å². The Morgan fingerprint density at radius 1 is 1.00 bits per heavy atom. The lowest BCUT2D eigenvalue weighted by atomic mass is 9.81. The number of likely N-dealkylation sites (N-methyl/N-ethyl adjacent to an activating group) is 1. The maximum Gasteiger partial charge on any atom is 0.459 e. The predicted molar refractivity (Wildman–Crippen MR) is 121 cm³/mol. The van der Waals surface area contributed by atoms with E-state index < -0.39 is 33.4 Å². The number of fused-ring (bicyclic) bond motifs is 2. The zero-order valence-electron chi connectivity index (χ0n) is 20.0. The summed E-state index contributed by atoms with van der Waals surface area (Å²) in [4.78, 5) is 16.8. The van der Waals surface area contributed by atoms with Crippen molar-refractivity contribution in [2.24, 2.45) is 0 Å². The third kappa shape index (κ3) is 4.10.